The topological polar surface area (TPSA) is 75.7 Å². The van der Waals surface area contributed by atoms with Gasteiger partial charge >= 0.3 is 0 Å². The van der Waals surface area contributed by atoms with Gasteiger partial charge in [-0.2, -0.15) is 0 Å². The number of sulfonamides is 1. The molecular weight excluding hydrogens is 364 g/mol. The van der Waals surface area contributed by atoms with Gasteiger partial charge in [-0.1, -0.05) is 29.8 Å². The molecule has 7 heteroatoms. The van der Waals surface area contributed by atoms with Crippen molar-refractivity contribution in [3.63, 3.8) is 0 Å². The number of carbonyl (C=O) groups is 1. The molecule has 1 N–H and O–H groups in total. The van der Waals surface area contributed by atoms with Crippen molar-refractivity contribution >= 4 is 27.3 Å². The normalized spacial score (nSPS) is 16.4. The van der Waals surface area contributed by atoms with Crippen LogP contribution in [0.1, 0.15) is 23.6 Å². The first-order chi connectivity index (χ1) is 12.7. The van der Waals surface area contributed by atoms with Crippen LogP contribution in [0, 0.1) is 20.8 Å². The molecule has 1 aliphatic heterocycles. The number of benzene rings is 2. The van der Waals surface area contributed by atoms with E-state index in [0.717, 1.165) is 22.4 Å². The second-order valence-electron chi connectivity index (χ2n) is 6.77. The molecule has 2 aromatic rings. The van der Waals surface area contributed by atoms with Crippen molar-refractivity contribution < 1.29 is 17.9 Å². The van der Waals surface area contributed by atoms with Gasteiger partial charge in [-0.05, 0) is 51.0 Å². The van der Waals surface area contributed by atoms with E-state index >= 15 is 0 Å². The molecule has 6 nitrogen and oxygen atoms in total. The van der Waals surface area contributed by atoms with E-state index in [4.69, 9.17) is 4.74 Å². The molecule has 1 unspecified atom stereocenters. The van der Waals surface area contributed by atoms with Gasteiger partial charge in [-0.3, -0.25) is 9.10 Å². The summed E-state index contributed by atoms with van der Waals surface area (Å²) in [5.74, 6) is -0.0274. The molecule has 27 heavy (non-hydrogen) atoms. The zero-order chi connectivity index (χ0) is 19.8. The van der Waals surface area contributed by atoms with Crippen LogP contribution in [0.3, 0.4) is 0 Å². The first-order valence-corrected chi connectivity index (χ1v) is 10.5. The highest BCUT2D eigenvalue weighted by Crippen LogP contribution is 2.35. The van der Waals surface area contributed by atoms with Gasteiger partial charge in [0.2, 0.25) is 10.0 Å². The Labute approximate surface area is 160 Å². The third-order valence-electron chi connectivity index (χ3n) is 4.65. The number of aryl methyl sites for hydroxylation is 3. The van der Waals surface area contributed by atoms with Crippen molar-refractivity contribution in [1.82, 2.24) is 0 Å². The maximum atomic E-state index is 12.9. The Morgan fingerprint density at radius 3 is 2.44 bits per heavy atom. The predicted molar refractivity (Wildman–Crippen MR) is 107 cm³/mol. The zero-order valence-electron chi connectivity index (χ0n) is 15.9. The number of carbonyl (C=O) groups excluding carboxylic acids is 1. The predicted octanol–water partition coefficient (Wildman–Crippen LogP) is 3.17. The average molecular weight is 388 g/mol. The molecule has 1 amide bonds. The van der Waals surface area contributed by atoms with Gasteiger partial charge in [-0.25, -0.2) is 8.42 Å². The fourth-order valence-electron chi connectivity index (χ4n) is 3.34. The summed E-state index contributed by atoms with van der Waals surface area (Å²) >= 11 is 0. The van der Waals surface area contributed by atoms with E-state index in [9.17, 15) is 13.2 Å². The second-order valence-corrected chi connectivity index (χ2v) is 8.95. The molecule has 0 aromatic heterocycles. The molecule has 0 bridgehead atoms. The van der Waals surface area contributed by atoms with Gasteiger partial charge in [0.15, 0.2) is 6.10 Å². The summed E-state index contributed by atoms with van der Waals surface area (Å²) < 4.78 is 32.1. The first-order valence-electron chi connectivity index (χ1n) is 8.87. The lowest BCUT2D eigenvalue weighted by molar-refractivity contribution is -0.122. The molecule has 2 aromatic carbocycles. The van der Waals surface area contributed by atoms with Gasteiger partial charge < -0.3 is 10.1 Å². The van der Waals surface area contributed by atoms with E-state index in [1.54, 1.807) is 31.2 Å². The van der Waals surface area contributed by atoms with Crippen LogP contribution in [0.4, 0.5) is 11.4 Å². The van der Waals surface area contributed by atoms with E-state index in [0.29, 0.717) is 11.4 Å². The molecule has 0 spiro atoms. The number of nitrogens with one attached hydrogen (secondary N) is 1. The summed E-state index contributed by atoms with van der Waals surface area (Å²) in [6, 6.07) is 10.9. The monoisotopic (exact) mass is 388 g/mol. The number of nitrogens with zero attached hydrogens (tertiary/aromatic N) is 1. The number of rotatable bonds is 4. The summed E-state index contributed by atoms with van der Waals surface area (Å²) in [7, 11) is -3.52. The van der Waals surface area contributed by atoms with E-state index < -0.39 is 16.1 Å². The Morgan fingerprint density at radius 1 is 1.19 bits per heavy atom. The van der Waals surface area contributed by atoms with Crippen LogP contribution in [0.2, 0.25) is 0 Å². The van der Waals surface area contributed by atoms with Crippen LogP contribution in [-0.2, 0) is 14.8 Å². The molecule has 1 aliphatic rings. The van der Waals surface area contributed by atoms with Crippen molar-refractivity contribution in [2.24, 2.45) is 0 Å². The largest absolute Gasteiger partial charge is 0.476 e. The molecule has 144 valence electrons. The minimum absolute atomic E-state index is 0.0498. The van der Waals surface area contributed by atoms with E-state index in [1.165, 1.54) is 4.31 Å². The Hall–Kier alpha value is -2.54. The lowest BCUT2D eigenvalue weighted by Gasteiger charge is -2.34. The maximum absolute atomic E-state index is 12.9. The quantitative estimate of drug-likeness (QED) is 0.873. The van der Waals surface area contributed by atoms with Crippen molar-refractivity contribution in [3.05, 3.63) is 53.1 Å². The van der Waals surface area contributed by atoms with Crippen molar-refractivity contribution in [2.45, 2.75) is 33.8 Å². The smallest absolute Gasteiger partial charge is 0.267 e. The molecule has 0 saturated heterocycles. The van der Waals surface area contributed by atoms with Crippen LogP contribution in [-0.4, -0.2) is 32.7 Å². The molecule has 1 heterocycles. The van der Waals surface area contributed by atoms with Crippen LogP contribution in [0.15, 0.2) is 36.4 Å². The zero-order valence-corrected chi connectivity index (χ0v) is 16.8. The summed E-state index contributed by atoms with van der Waals surface area (Å²) in [6.07, 6.45) is -0.929. The Balaban J connectivity index is 1.91. The summed E-state index contributed by atoms with van der Waals surface area (Å²) in [5.41, 5.74) is 4.22. The highest BCUT2D eigenvalue weighted by Gasteiger charge is 2.36. The van der Waals surface area contributed by atoms with E-state index in [-0.39, 0.29) is 18.2 Å². The molecule has 0 saturated carbocycles. The minimum Gasteiger partial charge on any atom is -0.476 e. The summed E-state index contributed by atoms with van der Waals surface area (Å²) in [4.78, 5) is 12.9. The fourth-order valence-corrected chi connectivity index (χ4v) is 4.46. The number of fused-ring (bicyclic) bond motifs is 1. The average Bonchev–Trinajstić information content (AvgIpc) is 2.63. The lowest BCUT2D eigenvalue weighted by Crippen LogP contribution is -2.49. The SMILES string of the molecule is CCS(=O)(=O)N1CC(C(=O)Nc2c(C)cc(C)cc2C)Oc2ccccc21. The van der Waals surface area contributed by atoms with Crippen LogP contribution >= 0.6 is 0 Å². The van der Waals surface area contributed by atoms with Crippen molar-refractivity contribution in [2.75, 3.05) is 21.9 Å². The highest BCUT2D eigenvalue weighted by molar-refractivity contribution is 7.92. The van der Waals surface area contributed by atoms with Crippen molar-refractivity contribution in [1.29, 1.82) is 0 Å². The standard InChI is InChI=1S/C20H24N2O4S/c1-5-27(24,25)22-12-18(26-17-9-7-6-8-16(17)22)20(23)21-19-14(3)10-13(2)11-15(19)4/h6-11,18H,5,12H2,1-4H3,(H,21,23). The summed E-state index contributed by atoms with van der Waals surface area (Å²) in [6.45, 7) is 7.39. The lowest BCUT2D eigenvalue weighted by atomic mass is 10.0. The van der Waals surface area contributed by atoms with Gasteiger partial charge in [0.1, 0.15) is 5.75 Å². The minimum atomic E-state index is -3.52. The number of hydrogen-bond acceptors (Lipinski definition) is 4. The maximum Gasteiger partial charge on any atom is 0.267 e. The number of hydrogen-bond donors (Lipinski definition) is 1. The molecule has 0 radical (unpaired) electrons. The van der Waals surface area contributed by atoms with Crippen LogP contribution in [0.25, 0.3) is 0 Å². The Morgan fingerprint density at radius 2 is 1.81 bits per heavy atom. The van der Waals surface area contributed by atoms with Gasteiger partial charge in [0.05, 0.1) is 18.0 Å². The first kappa shape index (κ1) is 19.2. The van der Waals surface area contributed by atoms with Gasteiger partial charge in [-0.15, -0.1) is 0 Å². The third-order valence-corrected chi connectivity index (χ3v) is 6.40. The molecule has 0 fully saturated rings. The molecule has 3 rings (SSSR count). The number of ether oxygens (including phenoxy) is 1. The van der Waals surface area contributed by atoms with Crippen LogP contribution in [0.5, 0.6) is 5.75 Å². The number of para-hydroxylation sites is 2. The highest BCUT2D eigenvalue weighted by atomic mass is 32.2. The fraction of sp³-hybridized carbons (Fsp3) is 0.350. The van der Waals surface area contributed by atoms with Crippen LogP contribution < -0.4 is 14.4 Å². The van der Waals surface area contributed by atoms with Crippen molar-refractivity contribution in [3.8, 4) is 5.75 Å². The number of amides is 1. The third kappa shape index (κ3) is 3.78. The summed E-state index contributed by atoms with van der Waals surface area (Å²) in [5, 5.41) is 2.91. The number of anilines is 2. The Kier molecular flexibility index (Phi) is 5.15. The Bertz CT molecular complexity index is 962. The molecule has 1 atom stereocenters. The van der Waals surface area contributed by atoms with Gasteiger partial charge in [0.25, 0.3) is 5.91 Å². The second kappa shape index (κ2) is 7.23. The van der Waals surface area contributed by atoms with Gasteiger partial charge in [0, 0.05) is 5.69 Å². The molecule has 0 aliphatic carbocycles. The van der Waals surface area contributed by atoms with E-state index in [2.05, 4.69) is 5.32 Å². The van der Waals surface area contributed by atoms with E-state index in [1.807, 2.05) is 32.9 Å². The molecular formula is C20H24N2O4S.